The van der Waals surface area contributed by atoms with Crippen molar-refractivity contribution in [2.75, 3.05) is 21.3 Å². The standard InChI is InChI=1S/C23H18N2O4/c1-26-20-10-16(11-21(27-2)23(20)28-3)19-12-18-22(29-19)17(8-9-25-18)15-6-4-14(13-24)5-7-15/h4-12H,1-3H3. The van der Waals surface area contributed by atoms with Crippen molar-refractivity contribution in [1.29, 1.82) is 5.26 Å². The Labute approximate surface area is 167 Å². The van der Waals surface area contributed by atoms with Gasteiger partial charge in [0.2, 0.25) is 5.75 Å². The highest BCUT2D eigenvalue weighted by Gasteiger charge is 2.18. The van der Waals surface area contributed by atoms with Gasteiger partial charge < -0.3 is 18.6 Å². The molecule has 6 nitrogen and oxygen atoms in total. The second kappa shape index (κ2) is 7.56. The summed E-state index contributed by atoms with van der Waals surface area (Å²) in [7, 11) is 4.71. The van der Waals surface area contributed by atoms with Gasteiger partial charge in [0, 0.05) is 23.4 Å². The number of hydrogen-bond acceptors (Lipinski definition) is 6. The van der Waals surface area contributed by atoms with Crippen molar-refractivity contribution < 1.29 is 18.6 Å². The Kier molecular flexibility index (Phi) is 4.80. The lowest BCUT2D eigenvalue weighted by Gasteiger charge is -2.13. The van der Waals surface area contributed by atoms with Crippen molar-refractivity contribution in [3.05, 3.63) is 60.3 Å². The summed E-state index contributed by atoms with van der Waals surface area (Å²) >= 11 is 0. The third-order valence-electron chi connectivity index (χ3n) is 4.69. The Hall–Kier alpha value is -3.98. The average molecular weight is 386 g/mol. The van der Waals surface area contributed by atoms with Gasteiger partial charge in [-0.3, -0.25) is 4.98 Å². The molecule has 0 bridgehead atoms. The van der Waals surface area contributed by atoms with Gasteiger partial charge in [-0.1, -0.05) is 12.1 Å². The molecule has 0 N–H and O–H groups in total. The van der Waals surface area contributed by atoms with Crippen LogP contribution in [0.4, 0.5) is 0 Å². The second-order valence-electron chi connectivity index (χ2n) is 6.29. The topological polar surface area (TPSA) is 77.5 Å². The predicted molar refractivity (Wildman–Crippen MR) is 109 cm³/mol. The van der Waals surface area contributed by atoms with Gasteiger partial charge >= 0.3 is 0 Å². The Morgan fingerprint density at radius 3 is 2.14 bits per heavy atom. The minimum absolute atomic E-state index is 0.520. The molecule has 0 radical (unpaired) electrons. The fraction of sp³-hybridized carbons (Fsp3) is 0.130. The first-order valence-electron chi connectivity index (χ1n) is 8.88. The number of rotatable bonds is 5. The van der Waals surface area contributed by atoms with E-state index >= 15 is 0 Å². The average Bonchev–Trinajstić information content (AvgIpc) is 3.22. The molecule has 6 heteroatoms. The summed E-state index contributed by atoms with van der Waals surface area (Å²) in [5.74, 6) is 2.24. The Morgan fingerprint density at radius 2 is 1.55 bits per heavy atom. The molecule has 4 rings (SSSR count). The van der Waals surface area contributed by atoms with E-state index in [2.05, 4.69) is 11.1 Å². The lowest BCUT2D eigenvalue weighted by atomic mass is 10.0. The number of furan rings is 1. The van der Waals surface area contributed by atoms with Crippen LogP contribution in [0, 0.1) is 11.3 Å². The summed E-state index contributed by atoms with van der Waals surface area (Å²) in [6.45, 7) is 0. The zero-order valence-electron chi connectivity index (χ0n) is 16.2. The molecule has 0 aliphatic carbocycles. The summed E-state index contributed by atoms with van der Waals surface area (Å²) in [5.41, 5.74) is 4.64. The van der Waals surface area contributed by atoms with Crippen LogP contribution in [0.1, 0.15) is 5.56 Å². The Bertz CT molecular complexity index is 1200. The number of fused-ring (bicyclic) bond motifs is 1. The lowest BCUT2D eigenvalue weighted by Crippen LogP contribution is -1.95. The molecule has 0 fully saturated rings. The van der Waals surface area contributed by atoms with Crippen molar-refractivity contribution >= 4 is 11.1 Å². The highest BCUT2D eigenvalue weighted by Crippen LogP contribution is 2.42. The van der Waals surface area contributed by atoms with Crippen molar-refractivity contribution in [3.8, 4) is 45.8 Å². The number of nitriles is 1. The van der Waals surface area contributed by atoms with Crippen molar-refractivity contribution in [2.24, 2.45) is 0 Å². The van der Waals surface area contributed by atoms with Crippen LogP contribution in [0.25, 0.3) is 33.6 Å². The third-order valence-corrected chi connectivity index (χ3v) is 4.69. The molecule has 0 amide bonds. The normalized spacial score (nSPS) is 10.6. The molecule has 0 spiro atoms. The van der Waals surface area contributed by atoms with E-state index in [4.69, 9.17) is 23.9 Å². The number of aromatic nitrogens is 1. The minimum atomic E-state index is 0.520. The van der Waals surface area contributed by atoms with Crippen LogP contribution in [-0.4, -0.2) is 26.3 Å². The van der Waals surface area contributed by atoms with Crippen LogP contribution in [-0.2, 0) is 0 Å². The van der Waals surface area contributed by atoms with Crippen molar-refractivity contribution in [3.63, 3.8) is 0 Å². The van der Waals surface area contributed by atoms with E-state index in [1.807, 2.05) is 36.4 Å². The molecule has 0 aliphatic heterocycles. The molecule has 2 heterocycles. The van der Waals surface area contributed by atoms with Crippen LogP contribution < -0.4 is 14.2 Å². The molecule has 2 aromatic carbocycles. The van der Waals surface area contributed by atoms with Crippen LogP contribution >= 0.6 is 0 Å². The van der Waals surface area contributed by atoms with Gasteiger partial charge in [0.25, 0.3) is 0 Å². The van der Waals surface area contributed by atoms with Gasteiger partial charge in [0.1, 0.15) is 11.3 Å². The first kappa shape index (κ1) is 18.4. The highest BCUT2D eigenvalue weighted by molar-refractivity contribution is 5.92. The molecular formula is C23H18N2O4. The van der Waals surface area contributed by atoms with E-state index in [9.17, 15) is 0 Å². The highest BCUT2D eigenvalue weighted by atomic mass is 16.5. The van der Waals surface area contributed by atoms with Crippen molar-refractivity contribution in [1.82, 2.24) is 4.98 Å². The van der Waals surface area contributed by atoms with Crippen LogP contribution in [0.5, 0.6) is 17.2 Å². The summed E-state index contributed by atoms with van der Waals surface area (Å²) in [5, 5.41) is 9.02. The fourth-order valence-electron chi connectivity index (χ4n) is 3.26. The molecule has 0 saturated heterocycles. The third kappa shape index (κ3) is 3.23. The van der Waals surface area contributed by atoms with Crippen LogP contribution in [0.2, 0.25) is 0 Å². The number of nitrogens with zero attached hydrogens (tertiary/aromatic N) is 2. The summed E-state index contributed by atoms with van der Waals surface area (Å²) < 4.78 is 22.5. The molecule has 144 valence electrons. The van der Waals surface area contributed by atoms with Gasteiger partial charge in [-0.2, -0.15) is 5.26 Å². The lowest BCUT2D eigenvalue weighted by molar-refractivity contribution is 0.324. The molecule has 29 heavy (non-hydrogen) atoms. The number of hydrogen-bond donors (Lipinski definition) is 0. The fourth-order valence-corrected chi connectivity index (χ4v) is 3.26. The quantitative estimate of drug-likeness (QED) is 0.477. The van der Waals surface area contributed by atoms with Gasteiger partial charge in [-0.15, -0.1) is 0 Å². The van der Waals surface area contributed by atoms with Crippen LogP contribution in [0.3, 0.4) is 0 Å². The maximum absolute atomic E-state index is 9.02. The van der Waals surface area contributed by atoms with E-state index < -0.39 is 0 Å². The maximum atomic E-state index is 9.02. The molecule has 0 unspecified atom stereocenters. The Balaban J connectivity index is 1.86. The molecule has 0 atom stereocenters. The Morgan fingerprint density at radius 1 is 0.862 bits per heavy atom. The molecule has 2 aromatic heterocycles. The van der Waals surface area contributed by atoms with E-state index in [-0.39, 0.29) is 0 Å². The zero-order chi connectivity index (χ0) is 20.4. The molecule has 0 saturated carbocycles. The number of methoxy groups -OCH3 is 3. The number of pyridine rings is 1. The second-order valence-corrected chi connectivity index (χ2v) is 6.29. The van der Waals surface area contributed by atoms with Crippen LogP contribution in [0.15, 0.2) is 59.1 Å². The van der Waals surface area contributed by atoms with Gasteiger partial charge in [-0.25, -0.2) is 0 Å². The van der Waals surface area contributed by atoms with E-state index in [0.29, 0.717) is 34.2 Å². The summed E-state index contributed by atoms with van der Waals surface area (Å²) in [6, 6.07) is 16.9. The maximum Gasteiger partial charge on any atom is 0.203 e. The molecule has 4 aromatic rings. The largest absolute Gasteiger partial charge is 0.493 e. The predicted octanol–water partition coefficient (Wildman–Crippen LogP) is 5.06. The molecular weight excluding hydrogens is 368 g/mol. The first-order chi connectivity index (χ1) is 14.2. The first-order valence-corrected chi connectivity index (χ1v) is 8.88. The number of ether oxygens (including phenoxy) is 3. The number of benzene rings is 2. The summed E-state index contributed by atoms with van der Waals surface area (Å²) in [4.78, 5) is 4.43. The SMILES string of the molecule is COc1cc(-c2cc3nccc(-c4ccc(C#N)cc4)c3o2)cc(OC)c1OC. The van der Waals surface area contributed by atoms with E-state index in [1.165, 1.54) is 0 Å². The van der Waals surface area contributed by atoms with Gasteiger partial charge in [0.15, 0.2) is 17.1 Å². The smallest absolute Gasteiger partial charge is 0.203 e. The van der Waals surface area contributed by atoms with E-state index in [0.717, 1.165) is 22.2 Å². The minimum Gasteiger partial charge on any atom is -0.493 e. The van der Waals surface area contributed by atoms with E-state index in [1.54, 1.807) is 39.7 Å². The zero-order valence-corrected chi connectivity index (χ0v) is 16.2. The van der Waals surface area contributed by atoms with Gasteiger partial charge in [0.05, 0.1) is 33.0 Å². The van der Waals surface area contributed by atoms with Crippen molar-refractivity contribution in [2.45, 2.75) is 0 Å². The summed E-state index contributed by atoms with van der Waals surface area (Å²) in [6.07, 6.45) is 1.74. The monoisotopic (exact) mass is 386 g/mol. The molecule has 0 aliphatic rings. The van der Waals surface area contributed by atoms with Gasteiger partial charge in [-0.05, 0) is 35.9 Å².